The molecule has 106 valence electrons. The molecule has 3 nitrogen and oxygen atoms in total. The summed E-state index contributed by atoms with van der Waals surface area (Å²) in [4.78, 5) is 2.60. The molecular weight excluding hydrogens is 236 g/mol. The van der Waals surface area contributed by atoms with E-state index in [4.69, 9.17) is 4.74 Å². The summed E-state index contributed by atoms with van der Waals surface area (Å²) < 4.78 is 5.94. The summed E-state index contributed by atoms with van der Waals surface area (Å²) >= 11 is 0. The highest BCUT2D eigenvalue weighted by molar-refractivity contribution is 5.00. The van der Waals surface area contributed by atoms with Gasteiger partial charge in [-0.2, -0.15) is 5.26 Å². The van der Waals surface area contributed by atoms with Crippen LogP contribution in [0.2, 0.25) is 0 Å². The van der Waals surface area contributed by atoms with Gasteiger partial charge in [-0.1, -0.05) is 19.8 Å². The standard InChI is InChI=1S/C16H26N2O/c1-2-3-12-4-5-13(9-17)16(8-12)18-10-14-6-7-15(11-18)19-14/h12-16H,2-8,10-11H2,1H3. The molecule has 3 aliphatic rings. The summed E-state index contributed by atoms with van der Waals surface area (Å²) in [6.07, 6.45) is 9.58. The molecule has 0 aromatic carbocycles. The zero-order chi connectivity index (χ0) is 13.2. The van der Waals surface area contributed by atoms with Crippen molar-refractivity contribution < 1.29 is 4.74 Å². The minimum atomic E-state index is 0.255. The molecule has 2 bridgehead atoms. The van der Waals surface area contributed by atoms with E-state index < -0.39 is 0 Å². The number of morpholine rings is 1. The van der Waals surface area contributed by atoms with Gasteiger partial charge in [0.15, 0.2) is 0 Å². The van der Waals surface area contributed by atoms with E-state index in [0.29, 0.717) is 18.2 Å². The van der Waals surface area contributed by atoms with Crippen molar-refractivity contribution in [2.45, 2.75) is 70.1 Å². The first-order chi connectivity index (χ1) is 9.30. The lowest BCUT2D eigenvalue weighted by atomic mass is 9.76. The number of fused-ring (bicyclic) bond motifs is 2. The fraction of sp³-hybridized carbons (Fsp3) is 0.938. The second kappa shape index (κ2) is 5.81. The third kappa shape index (κ3) is 2.80. The first-order valence-corrected chi connectivity index (χ1v) is 8.09. The van der Waals surface area contributed by atoms with Crippen molar-refractivity contribution in [1.29, 1.82) is 5.26 Å². The van der Waals surface area contributed by atoms with Gasteiger partial charge in [0.1, 0.15) is 0 Å². The summed E-state index contributed by atoms with van der Waals surface area (Å²) in [5, 5.41) is 9.45. The number of hydrogen-bond donors (Lipinski definition) is 0. The normalized spacial score (nSPS) is 43.1. The molecule has 3 fully saturated rings. The molecule has 1 aliphatic carbocycles. The van der Waals surface area contributed by atoms with Crippen LogP contribution in [0.5, 0.6) is 0 Å². The van der Waals surface area contributed by atoms with Crippen LogP contribution in [0.1, 0.15) is 51.9 Å². The maximum atomic E-state index is 9.45. The van der Waals surface area contributed by atoms with Gasteiger partial charge in [-0.15, -0.1) is 0 Å². The summed E-state index contributed by atoms with van der Waals surface area (Å²) in [7, 11) is 0. The fourth-order valence-corrected chi connectivity index (χ4v) is 4.37. The highest BCUT2D eigenvalue weighted by Crippen LogP contribution is 2.37. The number of ether oxygens (including phenoxy) is 1. The number of nitrogens with zero attached hydrogens (tertiary/aromatic N) is 2. The van der Waals surface area contributed by atoms with Crippen molar-refractivity contribution in [3.63, 3.8) is 0 Å². The minimum Gasteiger partial charge on any atom is -0.372 e. The Morgan fingerprint density at radius 3 is 2.53 bits per heavy atom. The molecule has 0 aromatic rings. The van der Waals surface area contributed by atoms with Crippen LogP contribution in [-0.2, 0) is 4.74 Å². The molecule has 0 spiro atoms. The Morgan fingerprint density at radius 1 is 1.16 bits per heavy atom. The molecule has 2 saturated heterocycles. The lowest BCUT2D eigenvalue weighted by Crippen LogP contribution is -2.52. The highest BCUT2D eigenvalue weighted by Gasteiger charge is 2.41. The van der Waals surface area contributed by atoms with Crippen molar-refractivity contribution in [2.75, 3.05) is 13.1 Å². The first kappa shape index (κ1) is 13.4. The van der Waals surface area contributed by atoms with E-state index in [0.717, 1.165) is 25.4 Å². The summed E-state index contributed by atoms with van der Waals surface area (Å²) in [5.74, 6) is 1.10. The second-order valence-electron chi connectivity index (χ2n) is 6.68. The van der Waals surface area contributed by atoms with Gasteiger partial charge < -0.3 is 4.74 Å². The number of rotatable bonds is 3. The van der Waals surface area contributed by atoms with Crippen LogP contribution in [0.25, 0.3) is 0 Å². The molecule has 0 aromatic heterocycles. The van der Waals surface area contributed by atoms with E-state index in [1.165, 1.54) is 38.5 Å². The SMILES string of the molecule is CCCC1CCC(C#N)C(N2CC3CCC(C2)O3)C1. The number of nitriles is 1. The Hall–Kier alpha value is -0.590. The molecule has 3 heteroatoms. The van der Waals surface area contributed by atoms with Crippen molar-refractivity contribution >= 4 is 0 Å². The third-order valence-corrected chi connectivity index (χ3v) is 5.33. The van der Waals surface area contributed by atoms with Crippen LogP contribution in [0.3, 0.4) is 0 Å². The average molecular weight is 262 g/mol. The van der Waals surface area contributed by atoms with E-state index in [9.17, 15) is 5.26 Å². The predicted molar refractivity (Wildman–Crippen MR) is 74.6 cm³/mol. The fourth-order valence-electron chi connectivity index (χ4n) is 4.37. The Balaban J connectivity index is 1.67. The van der Waals surface area contributed by atoms with Crippen LogP contribution >= 0.6 is 0 Å². The minimum absolute atomic E-state index is 0.255. The zero-order valence-electron chi connectivity index (χ0n) is 12.1. The second-order valence-corrected chi connectivity index (χ2v) is 6.68. The van der Waals surface area contributed by atoms with Gasteiger partial charge in [0.25, 0.3) is 0 Å². The smallest absolute Gasteiger partial charge is 0.0707 e. The highest BCUT2D eigenvalue weighted by atomic mass is 16.5. The van der Waals surface area contributed by atoms with E-state index in [-0.39, 0.29) is 5.92 Å². The van der Waals surface area contributed by atoms with Crippen molar-refractivity contribution in [2.24, 2.45) is 11.8 Å². The maximum absolute atomic E-state index is 9.45. The van der Waals surface area contributed by atoms with E-state index in [1.807, 2.05) is 0 Å². The molecule has 0 N–H and O–H groups in total. The van der Waals surface area contributed by atoms with E-state index in [1.54, 1.807) is 0 Å². The molecule has 19 heavy (non-hydrogen) atoms. The third-order valence-electron chi connectivity index (χ3n) is 5.33. The quantitative estimate of drug-likeness (QED) is 0.784. The Bertz CT molecular complexity index is 339. The average Bonchev–Trinajstić information content (AvgIpc) is 2.78. The van der Waals surface area contributed by atoms with Crippen molar-refractivity contribution in [1.82, 2.24) is 4.90 Å². The van der Waals surface area contributed by atoms with Crippen LogP contribution in [0.4, 0.5) is 0 Å². The first-order valence-electron chi connectivity index (χ1n) is 8.09. The van der Waals surface area contributed by atoms with Gasteiger partial charge in [0.05, 0.1) is 24.2 Å². The van der Waals surface area contributed by atoms with E-state index in [2.05, 4.69) is 17.9 Å². The lowest BCUT2D eigenvalue weighted by Gasteiger charge is -2.43. The Morgan fingerprint density at radius 2 is 1.89 bits per heavy atom. The Labute approximate surface area is 116 Å². The van der Waals surface area contributed by atoms with E-state index >= 15 is 0 Å². The molecule has 2 aliphatic heterocycles. The number of hydrogen-bond acceptors (Lipinski definition) is 3. The molecule has 1 saturated carbocycles. The summed E-state index contributed by atoms with van der Waals surface area (Å²) in [5.41, 5.74) is 0. The summed E-state index contributed by atoms with van der Waals surface area (Å²) in [6, 6.07) is 3.08. The number of likely N-dealkylation sites (tertiary alicyclic amines) is 1. The molecule has 3 rings (SSSR count). The maximum Gasteiger partial charge on any atom is 0.0707 e. The van der Waals surface area contributed by atoms with Gasteiger partial charge in [-0.25, -0.2) is 0 Å². The van der Waals surface area contributed by atoms with Crippen LogP contribution < -0.4 is 0 Å². The zero-order valence-corrected chi connectivity index (χ0v) is 12.1. The topological polar surface area (TPSA) is 36.3 Å². The van der Waals surface area contributed by atoms with Gasteiger partial charge >= 0.3 is 0 Å². The largest absolute Gasteiger partial charge is 0.372 e. The Kier molecular flexibility index (Phi) is 4.10. The van der Waals surface area contributed by atoms with Crippen molar-refractivity contribution in [3.05, 3.63) is 0 Å². The van der Waals surface area contributed by atoms with Crippen molar-refractivity contribution in [3.8, 4) is 6.07 Å². The summed E-state index contributed by atoms with van der Waals surface area (Å²) in [6.45, 7) is 4.41. The molecular formula is C16H26N2O. The predicted octanol–water partition coefficient (Wildman–Crippen LogP) is 2.96. The van der Waals surface area contributed by atoms with Crippen LogP contribution in [-0.4, -0.2) is 36.2 Å². The van der Waals surface area contributed by atoms with Gasteiger partial charge in [-0.05, 0) is 38.0 Å². The van der Waals surface area contributed by atoms with Crippen LogP contribution in [0, 0.1) is 23.2 Å². The van der Waals surface area contributed by atoms with Gasteiger partial charge in [-0.3, -0.25) is 4.90 Å². The molecule has 2 heterocycles. The molecule has 5 unspecified atom stereocenters. The monoisotopic (exact) mass is 262 g/mol. The molecule has 0 radical (unpaired) electrons. The molecule has 0 amide bonds. The van der Waals surface area contributed by atoms with Gasteiger partial charge in [0.2, 0.25) is 0 Å². The molecule has 5 atom stereocenters. The lowest BCUT2D eigenvalue weighted by molar-refractivity contribution is -0.0661. The van der Waals surface area contributed by atoms with Gasteiger partial charge in [0, 0.05) is 19.1 Å². The van der Waals surface area contributed by atoms with Crippen LogP contribution in [0.15, 0.2) is 0 Å².